The molecule has 0 aliphatic carbocycles. The van der Waals surface area contributed by atoms with Crippen LogP contribution in [0, 0.1) is 13.8 Å². The van der Waals surface area contributed by atoms with Gasteiger partial charge < -0.3 is 9.84 Å². The number of hydrogen-bond donors (Lipinski definition) is 1. The van der Waals surface area contributed by atoms with Gasteiger partial charge in [0.25, 0.3) is 11.4 Å². The second kappa shape index (κ2) is 7.52. The molecule has 8 heteroatoms. The standard InChI is InChI=1S/C21H17ClN4O3/c1-12-7-8-14(22)9-17(12)24-19(27)11-26-18-6-4-3-5-15(18)16(10-20(26)28)21-23-13(2)25-29-21/h3-10H,11H2,1-2H3,(H,24,27). The monoisotopic (exact) mass is 408 g/mol. The van der Waals surface area contributed by atoms with Crippen LogP contribution in [-0.2, 0) is 11.3 Å². The van der Waals surface area contributed by atoms with Crippen molar-refractivity contribution in [3.05, 3.63) is 75.3 Å². The SMILES string of the molecule is Cc1noc(-c2cc(=O)n(CC(=O)Nc3cc(Cl)ccc3C)c3ccccc23)n1. The fourth-order valence-electron chi connectivity index (χ4n) is 3.14. The zero-order valence-corrected chi connectivity index (χ0v) is 16.5. The van der Waals surface area contributed by atoms with E-state index in [1.807, 2.05) is 25.1 Å². The molecule has 29 heavy (non-hydrogen) atoms. The molecule has 0 aliphatic rings. The summed E-state index contributed by atoms with van der Waals surface area (Å²) in [4.78, 5) is 29.7. The summed E-state index contributed by atoms with van der Waals surface area (Å²) in [5.41, 5.74) is 2.28. The van der Waals surface area contributed by atoms with E-state index in [-0.39, 0.29) is 23.9 Å². The first-order valence-corrected chi connectivity index (χ1v) is 9.29. The highest BCUT2D eigenvalue weighted by molar-refractivity contribution is 6.31. The van der Waals surface area contributed by atoms with Crippen LogP contribution < -0.4 is 10.9 Å². The summed E-state index contributed by atoms with van der Waals surface area (Å²) in [6.45, 7) is 3.43. The summed E-state index contributed by atoms with van der Waals surface area (Å²) in [7, 11) is 0. The Bertz CT molecular complexity index is 1290. The first kappa shape index (κ1) is 18.9. The number of aromatic nitrogens is 3. The number of nitrogens with one attached hydrogen (secondary N) is 1. The van der Waals surface area contributed by atoms with Gasteiger partial charge in [-0.25, -0.2) is 0 Å². The average Bonchev–Trinajstić information content (AvgIpc) is 3.13. The van der Waals surface area contributed by atoms with E-state index in [0.717, 1.165) is 10.9 Å². The molecule has 146 valence electrons. The maximum atomic E-state index is 12.8. The third kappa shape index (κ3) is 3.77. The van der Waals surface area contributed by atoms with Crippen molar-refractivity contribution in [2.45, 2.75) is 20.4 Å². The Morgan fingerprint density at radius 2 is 1.97 bits per heavy atom. The van der Waals surface area contributed by atoms with Crippen LogP contribution in [0.2, 0.25) is 5.02 Å². The summed E-state index contributed by atoms with van der Waals surface area (Å²) < 4.78 is 6.65. The van der Waals surface area contributed by atoms with Crippen molar-refractivity contribution in [3.63, 3.8) is 0 Å². The number of pyridine rings is 1. The maximum Gasteiger partial charge on any atom is 0.258 e. The number of anilines is 1. The number of rotatable bonds is 4. The van der Waals surface area contributed by atoms with Gasteiger partial charge in [-0.05, 0) is 37.6 Å². The lowest BCUT2D eigenvalue weighted by Gasteiger charge is -2.13. The van der Waals surface area contributed by atoms with E-state index in [0.29, 0.717) is 27.6 Å². The average molecular weight is 409 g/mol. The quantitative estimate of drug-likeness (QED) is 0.552. The molecule has 7 nitrogen and oxygen atoms in total. The van der Waals surface area contributed by atoms with Gasteiger partial charge in [-0.2, -0.15) is 4.98 Å². The van der Waals surface area contributed by atoms with Gasteiger partial charge in [-0.15, -0.1) is 0 Å². The van der Waals surface area contributed by atoms with Crippen LogP contribution in [0.5, 0.6) is 0 Å². The van der Waals surface area contributed by atoms with Crippen molar-refractivity contribution >= 4 is 34.1 Å². The molecule has 2 heterocycles. The Labute approximate surface area is 170 Å². The maximum absolute atomic E-state index is 12.8. The van der Waals surface area contributed by atoms with Gasteiger partial charge in [0.2, 0.25) is 5.91 Å². The third-order valence-corrected chi connectivity index (χ3v) is 4.79. The van der Waals surface area contributed by atoms with Gasteiger partial charge in [0.1, 0.15) is 6.54 Å². The lowest BCUT2D eigenvalue weighted by atomic mass is 10.1. The molecule has 2 aromatic carbocycles. The number of carbonyl (C=O) groups excluding carboxylic acids is 1. The number of aryl methyl sites for hydroxylation is 2. The lowest BCUT2D eigenvalue weighted by molar-refractivity contribution is -0.116. The summed E-state index contributed by atoms with van der Waals surface area (Å²) in [6, 6.07) is 13.9. The number of para-hydroxylation sites is 1. The molecular formula is C21H17ClN4O3. The highest BCUT2D eigenvalue weighted by Gasteiger charge is 2.16. The Kier molecular flexibility index (Phi) is 4.90. The van der Waals surface area contributed by atoms with Gasteiger partial charge >= 0.3 is 0 Å². The highest BCUT2D eigenvalue weighted by atomic mass is 35.5. The smallest absolute Gasteiger partial charge is 0.258 e. The largest absolute Gasteiger partial charge is 0.334 e. The number of carbonyl (C=O) groups is 1. The number of amides is 1. The second-order valence-electron chi connectivity index (χ2n) is 6.65. The van der Waals surface area contributed by atoms with Crippen molar-refractivity contribution in [1.29, 1.82) is 0 Å². The number of benzene rings is 2. The van der Waals surface area contributed by atoms with E-state index >= 15 is 0 Å². The summed E-state index contributed by atoms with van der Waals surface area (Å²) in [6.07, 6.45) is 0. The molecule has 1 amide bonds. The molecular weight excluding hydrogens is 392 g/mol. The topological polar surface area (TPSA) is 90.0 Å². The Morgan fingerprint density at radius 1 is 1.17 bits per heavy atom. The van der Waals surface area contributed by atoms with E-state index in [2.05, 4.69) is 15.5 Å². The van der Waals surface area contributed by atoms with Crippen LogP contribution in [0.3, 0.4) is 0 Å². The minimum Gasteiger partial charge on any atom is -0.334 e. The normalized spacial score (nSPS) is 11.0. The molecule has 0 atom stereocenters. The summed E-state index contributed by atoms with van der Waals surface area (Å²) in [5.74, 6) is 0.412. The molecule has 0 saturated carbocycles. The zero-order chi connectivity index (χ0) is 20.5. The van der Waals surface area contributed by atoms with E-state index in [9.17, 15) is 9.59 Å². The van der Waals surface area contributed by atoms with Gasteiger partial charge in [0.05, 0.1) is 11.1 Å². The number of halogens is 1. The van der Waals surface area contributed by atoms with Crippen LogP contribution in [0.25, 0.3) is 22.4 Å². The van der Waals surface area contributed by atoms with E-state index in [4.69, 9.17) is 16.1 Å². The third-order valence-electron chi connectivity index (χ3n) is 4.55. The fourth-order valence-corrected chi connectivity index (χ4v) is 3.32. The van der Waals surface area contributed by atoms with E-state index in [1.165, 1.54) is 10.6 Å². The Morgan fingerprint density at radius 3 is 2.72 bits per heavy atom. The van der Waals surface area contributed by atoms with Gasteiger partial charge in [0, 0.05) is 22.2 Å². The molecule has 0 bridgehead atoms. The Balaban J connectivity index is 1.73. The van der Waals surface area contributed by atoms with Crippen molar-refractivity contribution in [3.8, 4) is 11.5 Å². The van der Waals surface area contributed by atoms with Crippen LogP contribution in [0.4, 0.5) is 5.69 Å². The molecule has 4 aromatic rings. The predicted octanol–water partition coefficient (Wildman–Crippen LogP) is 3.96. The number of fused-ring (bicyclic) bond motifs is 1. The summed E-state index contributed by atoms with van der Waals surface area (Å²) in [5, 5.41) is 7.87. The minimum atomic E-state index is -0.340. The predicted molar refractivity (Wildman–Crippen MR) is 111 cm³/mol. The molecule has 0 aliphatic heterocycles. The zero-order valence-electron chi connectivity index (χ0n) is 15.8. The highest BCUT2D eigenvalue weighted by Crippen LogP contribution is 2.26. The minimum absolute atomic E-state index is 0.144. The van der Waals surface area contributed by atoms with Crippen molar-refractivity contribution < 1.29 is 9.32 Å². The number of hydrogen-bond acceptors (Lipinski definition) is 5. The molecule has 0 fully saturated rings. The molecule has 2 aromatic heterocycles. The van der Waals surface area contributed by atoms with Gasteiger partial charge in [-0.3, -0.25) is 14.2 Å². The first-order valence-electron chi connectivity index (χ1n) is 8.91. The molecule has 0 unspecified atom stereocenters. The molecule has 0 saturated heterocycles. The number of nitrogens with zero attached hydrogens (tertiary/aromatic N) is 3. The van der Waals surface area contributed by atoms with Gasteiger partial charge in [-0.1, -0.05) is 41.0 Å². The van der Waals surface area contributed by atoms with Crippen molar-refractivity contribution in [2.24, 2.45) is 0 Å². The first-order chi connectivity index (χ1) is 13.9. The van der Waals surface area contributed by atoms with Crippen molar-refractivity contribution in [2.75, 3.05) is 5.32 Å². The van der Waals surface area contributed by atoms with Crippen LogP contribution >= 0.6 is 11.6 Å². The Hall–Kier alpha value is -3.45. The van der Waals surface area contributed by atoms with E-state index in [1.54, 1.807) is 31.2 Å². The lowest BCUT2D eigenvalue weighted by Crippen LogP contribution is -2.28. The molecule has 0 radical (unpaired) electrons. The second-order valence-corrected chi connectivity index (χ2v) is 7.09. The molecule has 0 spiro atoms. The van der Waals surface area contributed by atoms with Crippen molar-refractivity contribution in [1.82, 2.24) is 14.7 Å². The molecule has 4 rings (SSSR count). The van der Waals surface area contributed by atoms with Crippen LogP contribution in [-0.4, -0.2) is 20.6 Å². The van der Waals surface area contributed by atoms with E-state index < -0.39 is 0 Å². The van der Waals surface area contributed by atoms with Crippen LogP contribution in [0.1, 0.15) is 11.4 Å². The van der Waals surface area contributed by atoms with Gasteiger partial charge in [0.15, 0.2) is 5.82 Å². The van der Waals surface area contributed by atoms with Crippen LogP contribution in [0.15, 0.2) is 57.8 Å². The summed E-state index contributed by atoms with van der Waals surface area (Å²) >= 11 is 6.01. The fraction of sp³-hybridized carbons (Fsp3) is 0.143. The molecule has 1 N–H and O–H groups in total.